The summed E-state index contributed by atoms with van der Waals surface area (Å²) in [7, 11) is 0. The van der Waals surface area contributed by atoms with Gasteiger partial charge in [0.05, 0.1) is 16.4 Å². The number of halogens is 1. The normalized spacial score (nSPS) is 10.9. The van der Waals surface area contributed by atoms with E-state index >= 15 is 0 Å². The molecular weight excluding hydrogens is 446 g/mol. The first kappa shape index (κ1) is 19.8. The molecule has 2 N–H and O–H groups in total. The molecule has 3 rings (SSSR count). The van der Waals surface area contributed by atoms with Gasteiger partial charge in [0.25, 0.3) is 5.69 Å². The van der Waals surface area contributed by atoms with E-state index < -0.39 is 4.92 Å². The van der Waals surface area contributed by atoms with Gasteiger partial charge in [0, 0.05) is 16.6 Å². The number of aromatic nitrogens is 3. The molecule has 0 aliphatic rings. The number of amides is 1. The molecule has 0 radical (unpaired) electrons. The van der Waals surface area contributed by atoms with Gasteiger partial charge in [-0.25, -0.2) is 4.98 Å². The second kappa shape index (κ2) is 9.29. The van der Waals surface area contributed by atoms with E-state index in [-0.39, 0.29) is 17.3 Å². The van der Waals surface area contributed by atoms with Crippen molar-refractivity contribution in [2.24, 2.45) is 0 Å². The molecule has 1 aromatic heterocycles. The first-order valence-electron chi connectivity index (χ1n) is 8.03. The number of nitrogens with zero attached hydrogens (tertiary/aromatic N) is 3. The third-order valence-corrected chi connectivity index (χ3v) is 4.99. The molecular formula is C18H14BrN5O3S. The standard InChI is InChI=1S/C18H14BrN5O3S/c19-14-10-13(24(26)27)7-8-15(14)20-17(25)11-28-18-21-16(22-23-18)9-6-12-4-2-1-3-5-12/h1-10H,11H2,(H,20,25)(H,21,22,23)/b9-6+. The number of hydrogen-bond acceptors (Lipinski definition) is 6. The average molecular weight is 460 g/mol. The fourth-order valence-electron chi connectivity index (χ4n) is 2.17. The maximum absolute atomic E-state index is 12.1. The van der Waals surface area contributed by atoms with E-state index in [4.69, 9.17) is 0 Å². The van der Waals surface area contributed by atoms with Crippen LogP contribution in [0.5, 0.6) is 0 Å². The fourth-order valence-corrected chi connectivity index (χ4v) is 3.24. The molecule has 0 saturated heterocycles. The van der Waals surface area contributed by atoms with Crippen LogP contribution in [-0.4, -0.2) is 31.8 Å². The van der Waals surface area contributed by atoms with E-state index in [2.05, 4.69) is 36.4 Å². The lowest BCUT2D eigenvalue weighted by Crippen LogP contribution is -2.14. The summed E-state index contributed by atoms with van der Waals surface area (Å²) in [4.78, 5) is 26.7. The first-order chi connectivity index (χ1) is 13.5. The Balaban J connectivity index is 1.53. The molecule has 0 aliphatic heterocycles. The number of carbonyl (C=O) groups excluding carboxylic acids is 1. The van der Waals surface area contributed by atoms with Crippen LogP contribution in [0.15, 0.2) is 58.2 Å². The van der Waals surface area contributed by atoms with Crippen LogP contribution in [0.3, 0.4) is 0 Å². The van der Waals surface area contributed by atoms with E-state index in [0.29, 0.717) is 21.1 Å². The van der Waals surface area contributed by atoms with Gasteiger partial charge in [-0.2, -0.15) is 0 Å². The third kappa shape index (κ3) is 5.51. The predicted molar refractivity (Wildman–Crippen MR) is 112 cm³/mol. The van der Waals surface area contributed by atoms with Gasteiger partial charge in [0.2, 0.25) is 11.1 Å². The molecule has 0 fully saturated rings. The van der Waals surface area contributed by atoms with Gasteiger partial charge in [-0.3, -0.25) is 20.0 Å². The summed E-state index contributed by atoms with van der Waals surface area (Å²) in [6, 6.07) is 13.9. The van der Waals surface area contributed by atoms with Crippen LogP contribution >= 0.6 is 27.7 Å². The molecule has 1 amide bonds. The lowest BCUT2D eigenvalue weighted by atomic mass is 10.2. The van der Waals surface area contributed by atoms with E-state index in [0.717, 1.165) is 5.56 Å². The highest BCUT2D eigenvalue weighted by Crippen LogP contribution is 2.27. The molecule has 2 aromatic carbocycles. The van der Waals surface area contributed by atoms with E-state index in [1.54, 1.807) is 6.08 Å². The van der Waals surface area contributed by atoms with Crippen molar-refractivity contribution in [3.8, 4) is 0 Å². The van der Waals surface area contributed by atoms with Crippen LogP contribution in [0.4, 0.5) is 11.4 Å². The minimum absolute atomic E-state index is 0.0592. The Morgan fingerprint density at radius 2 is 2.04 bits per heavy atom. The second-order valence-electron chi connectivity index (χ2n) is 5.51. The number of nitrogens with one attached hydrogen (secondary N) is 2. The Morgan fingerprint density at radius 3 is 2.75 bits per heavy atom. The Morgan fingerprint density at radius 1 is 1.25 bits per heavy atom. The molecule has 0 aliphatic carbocycles. The molecule has 0 unspecified atom stereocenters. The Labute approximate surface area is 172 Å². The van der Waals surface area contributed by atoms with Crippen molar-refractivity contribution in [3.05, 3.63) is 74.5 Å². The number of anilines is 1. The highest BCUT2D eigenvalue weighted by Gasteiger charge is 2.12. The van der Waals surface area contributed by atoms with Gasteiger partial charge in [-0.15, -0.1) is 5.10 Å². The summed E-state index contributed by atoms with van der Waals surface area (Å²) in [5.74, 6) is 0.416. The smallest absolute Gasteiger partial charge is 0.270 e. The molecule has 10 heteroatoms. The summed E-state index contributed by atoms with van der Waals surface area (Å²) in [6.07, 6.45) is 3.72. The molecule has 0 bridgehead atoms. The van der Waals surface area contributed by atoms with Gasteiger partial charge >= 0.3 is 0 Å². The molecule has 28 heavy (non-hydrogen) atoms. The number of H-pyrrole nitrogens is 1. The van der Waals surface area contributed by atoms with E-state index in [1.165, 1.54) is 30.0 Å². The van der Waals surface area contributed by atoms with Crippen molar-refractivity contribution >= 4 is 57.1 Å². The fraction of sp³-hybridized carbons (Fsp3) is 0.0556. The maximum Gasteiger partial charge on any atom is 0.270 e. The molecule has 0 spiro atoms. The number of benzene rings is 2. The molecule has 1 heterocycles. The van der Waals surface area contributed by atoms with Crippen LogP contribution in [-0.2, 0) is 4.79 Å². The lowest BCUT2D eigenvalue weighted by molar-refractivity contribution is -0.384. The average Bonchev–Trinajstić information content (AvgIpc) is 3.15. The summed E-state index contributed by atoms with van der Waals surface area (Å²) in [6.45, 7) is 0. The molecule has 142 valence electrons. The van der Waals surface area contributed by atoms with Crippen LogP contribution < -0.4 is 5.32 Å². The van der Waals surface area contributed by atoms with Gasteiger partial charge in [0.15, 0.2) is 0 Å². The Hall–Kier alpha value is -2.98. The minimum Gasteiger partial charge on any atom is -0.324 e. The molecule has 8 nitrogen and oxygen atoms in total. The van der Waals surface area contributed by atoms with Gasteiger partial charge in [0.1, 0.15) is 5.82 Å². The maximum atomic E-state index is 12.1. The Bertz CT molecular complexity index is 1020. The zero-order chi connectivity index (χ0) is 19.9. The number of carbonyl (C=O) groups is 1. The molecule has 0 saturated carbocycles. The number of non-ortho nitro benzene ring substituents is 1. The largest absolute Gasteiger partial charge is 0.324 e. The number of rotatable bonds is 7. The minimum atomic E-state index is -0.501. The summed E-state index contributed by atoms with van der Waals surface area (Å²) < 4.78 is 0.436. The number of thioether (sulfide) groups is 1. The van der Waals surface area contributed by atoms with Crippen molar-refractivity contribution in [1.29, 1.82) is 0 Å². The van der Waals surface area contributed by atoms with E-state index in [1.807, 2.05) is 36.4 Å². The summed E-state index contributed by atoms with van der Waals surface area (Å²) >= 11 is 4.40. The van der Waals surface area contributed by atoms with Crippen LogP contribution in [0.25, 0.3) is 12.2 Å². The van der Waals surface area contributed by atoms with Crippen molar-refractivity contribution in [2.45, 2.75) is 5.16 Å². The third-order valence-electron chi connectivity index (χ3n) is 3.49. The topological polar surface area (TPSA) is 114 Å². The first-order valence-corrected chi connectivity index (χ1v) is 9.81. The second-order valence-corrected chi connectivity index (χ2v) is 7.30. The lowest BCUT2D eigenvalue weighted by Gasteiger charge is -2.06. The zero-order valence-corrected chi connectivity index (χ0v) is 16.7. The summed E-state index contributed by atoms with van der Waals surface area (Å²) in [5.41, 5.74) is 1.44. The van der Waals surface area contributed by atoms with E-state index in [9.17, 15) is 14.9 Å². The van der Waals surface area contributed by atoms with Gasteiger partial charge in [-0.1, -0.05) is 48.2 Å². The number of hydrogen-bond donors (Lipinski definition) is 2. The predicted octanol–water partition coefficient (Wildman–Crippen LogP) is 4.38. The quantitative estimate of drug-likeness (QED) is 0.307. The SMILES string of the molecule is O=C(CSc1n[nH]c(/C=C/c2ccccc2)n1)Nc1ccc([N+](=O)[O-])cc1Br. The highest BCUT2D eigenvalue weighted by molar-refractivity contribution is 9.10. The molecule has 3 aromatic rings. The monoisotopic (exact) mass is 459 g/mol. The zero-order valence-electron chi connectivity index (χ0n) is 14.3. The molecule has 0 atom stereocenters. The van der Waals surface area contributed by atoms with Crippen molar-refractivity contribution < 1.29 is 9.72 Å². The Kier molecular flexibility index (Phi) is 6.56. The van der Waals surface area contributed by atoms with Crippen LogP contribution in [0.1, 0.15) is 11.4 Å². The van der Waals surface area contributed by atoms with Gasteiger partial charge < -0.3 is 5.32 Å². The number of nitro benzene ring substituents is 1. The number of nitro groups is 1. The van der Waals surface area contributed by atoms with Gasteiger partial charge in [-0.05, 0) is 33.6 Å². The van der Waals surface area contributed by atoms with Crippen molar-refractivity contribution in [2.75, 3.05) is 11.1 Å². The van der Waals surface area contributed by atoms with Crippen molar-refractivity contribution in [1.82, 2.24) is 15.2 Å². The van der Waals surface area contributed by atoms with Crippen LogP contribution in [0, 0.1) is 10.1 Å². The van der Waals surface area contributed by atoms with Crippen molar-refractivity contribution in [3.63, 3.8) is 0 Å². The summed E-state index contributed by atoms with van der Waals surface area (Å²) in [5, 5.41) is 20.8. The number of aromatic amines is 1. The van der Waals surface area contributed by atoms with Crippen LogP contribution in [0.2, 0.25) is 0 Å². The highest BCUT2D eigenvalue weighted by atomic mass is 79.9.